The molecule has 3 rings (SSSR count). The average Bonchev–Trinajstić information content (AvgIpc) is 2.94. The lowest BCUT2D eigenvalue weighted by molar-refractivity contribution is 0.0830. The van der Waals surface area contributed by atoms with Crippen molar-refractivity contribution < 1.29 is 4.79 Å². The number of benzene rings is 1. The normalized spacial score (nSPS) is 22.6. The second-order valence-corrected chi connectivity index (χ2v) is 7.71. The first-order chi connectivity index (χ1) is 10.9. The zero-order valence-electron chi connectivity index (χ0n) is 14.5. The highest BCUT2D eigenvalue weighted by molar-refractivity contribution is 7.17. The van der Waals surface area contributed by atoms with Crippen LogP contribution in [0.4, 0.5) is 5.69 Å². The van der Waals surface area contributed by atoms with Crippen LogP contribution < -0.4 is 4.90 Å². The topological polar surface area (TPSA) is 26.8 Å². The minimum Gasteiger partial charge on any atom is -0.368 e. The van der Waals surface area contributed by atoms with Gasteiger partial charge in [0.25, 0.3) is 5.91 Å². The number of carbonyl (C=O) groups excluding carboxylic acids is 1. The molecule has 1 unspecified atom stereocenters. The van der Waals surface area contributed by atoms with E-state index >= 15 is 0 Å². The second kappa shape index (κ2) is 6.13. The first kappa shape index (κ1) is 16.3. The molecular weight excluding hydrogens is 306 g/mol. The van der Waals surface area contributed by atoms with Crippen LogP contribution in [0, 0.1) is 0 Å². The Morgan fingerprint density at radius 2 is 1.87 bits per heavy atom. The Labute approximate surface area is 142 Å². The van der Waals surface area contributed by atoms with Crippen molar-refractivity contribution in [3.8, 4) is 0 Å². The minimum absolute atomic E-state index is 0.0773. The molecule has 1 saturated heterocycles. The van der Waals surface area contributed by atoms with Crippen molar-refractivity contribution in [3.63, 3.8) is 0 Å². The number of thiophene rings is 1. The molecule has 0 saturated carbocycles. The number of likely N-dealkylation sites (N-methyl/N-ethyl adjacent to an activating group) is 1. The predicted octanol–water partition coefficient (Wildman–Crippen LogP) is 3.13. The van der Waals surface area contributed by atoms with Gasteiger partial charge in [-0.05, 0) is 39.1 Å². The Morgan fingerprint density at radius 3 is 2.48 bits per heavy atom. The monoisotopic (exact) mass is 331 g/mol. The van der Waals surface area contributed by atoms with Crippen LogP contribution in [0.1, 0.15) is 24.2 Å². The first-order valence-corrected chi connectivity index (χ1v) is 8.96. The van der Waals surface area contributed by atoms with E-state index in [4.69, 9.17) is 0 Å². The van der Waals surface area contributed by atoms with Gasteiger partial charge in [-0.2, -0.15) is 0 Å². The van der Waals surface area contributed by atoms with Crippen LogP contribution in [0.2, 0.25) is 0 Å². The maximum Gasteiger partial charge on any atom is 0.254 e. The van der Waals surface area contributed by atoms with Crippen molar-refractivity contribution in [3.05, 3.63) is 29.1 Å². The predicted molar refractivity (Wildman–Crippen MR) is 98.7 cm³/mol. The Morgan fingerprint density at radius 1 is 1.22 bits per heavy atom. The van der Waals surface area contributed by atoms with Crippen LogP contribution in [0.25, 0.3) is 10.1 Å². The van der Waals surface area contributed by atoms with Gasteiger partial charge in [0.2, 0.25) is 0 Å². The van der Waals surface area contributed by atoms with Crippen LogP contribution in [-0.4, -0.2) is 62.0 Å². The third kappa shape index (κ3) is 2.95. The van der Waals surface area contributed by atoms with Gasteiger partial charge < -0.3 is 9.80 Å². The van der Waals surface area contributed by atoms with Gasteiger partial charge >= 0.3 is 0 Å². The molecule has 4 nitrogen and oxygen atoms in total. The largest absolute Gasteiger partial charge is 0.368 e. The number of anilines is 1. The first-order valence-electron chi connectivity index (χ1n) is 8.08. The zero-order chi connectivity index (χ0) is 16.7. The molecule has 0 aliphatic carbocycles. The van der Waals surface area contributed by atoms with Crippen molar-refractivity contribution >= 4 is 33.0 Å². The molecule has 2 atom stereocenters. The van der Waals surface area contributed by atoms with Gasteiger partial charge in [-0.15, -0.1) is 11.3 Å². The number of nitrogens with zero attached hydrogens (tertiary/aromatic N) is 3. The fraction of sp³-hybridized carbons (Fsp3) is 0.500. The summed E-state index contributed by atoms with van der Waals surface area (Å²) in [5.74, 6) is 0.0773. The molecule has 0 N–H and O–H groups in total. The van der Waals surface area contributed by atoms with Crippen molar-refractivity contribution in [1.29, 1.82) is 0 Å². The van der Waals surface area contributed by atoms with Gasteiger partial charge in [-0.1, -0.05) is 0 Å². The fourth-order valence-corrected chi connectivity index (χ4v) is 4.15. The third-order valence-corrected chi connectivity index (χ3v) is 5.88. The minimum atomic E-state index is 0.0773. The number of carbonyl (C=O) groups is 1. The Kier molecular flexibility index (Phi) is 4.34. The highest BCUT2D eigenvalue weighted by atomic mass is 32.1. The number of hydrogen-bond acceptors (Lipinski definition) is 4. The quantitative estimate of drug-likeness (QED) is 0.846. The van der Waals surface area contributed by atoms with Crippen LogP contribution in [0.5, 0.6) is 0 Å². The van der Waals surface area contributed by atoms with Gasteiger partial charge in [0.05, 0.1) is 5.56 Å². The molecule has 0 radical (unpaired) electrons. The van der Waals surface area contributed by atoms with E-state index in [0.29, 0.717) is 12.1 Å². The maximum atomic E-state index is 12.4. The summed E-state index contributed by atoms with van der Waals surface area (Å²) in [7, 11) is 5.81. The Bertz CT molecular complexity index is 712. The van der Waals surface area contributed by atoms with Gasteiger partial charge in [-0.25, -0.2) is 0 Å². The van der Waals surface area contributed by atoms with E-state index in [1.54, 1.807) is 30.3 Å². The SMILES string of the molecule is CC1CN(c2ccc3scc(C(=O)N(C)C)c3c2)C[C@H](C)N1C. The van der Waals surface area contributed by atoms with Crippen LogP contribution in [0.15, 0.2) is 23.6 Å². The summed E-state index contributed by atoms with van der Waals surface area (Å²) in [6.45, 7) is 6.58. The summed E-state index contributed by atoms with van der Waals surface area (Å²) in [4.78, 5) is 18.9. The molecule has 1 aliphatic rings. The summed E-state index contributed by atoms with van der Waals surface area (Å²) in [5, 5.41) is 3.05. The maximum absolute atomic E-state index is 12.4. The lowest BCUT2D eigenvalue weighted by Gasteiger charge is -2.43. The smallest absolute Gasteiger partial charge is 0.254 e. The third-order valence-electron chi connectivity index (χ3n) is 4.92. The number of amides is 1. The van der Waals surface area contributed by atoms with Crippen molar-refractivity contribution in [2.45, 2.75) is 25.9 Å². The standard InChI is InChI=1S/C18H25N3OS/c1-12-9-21(10-13(2)20(12)5)14-6-7-17-15(8-14)16(11-23-17)18(22)19(3)4/h6-8,11-13H,9-10H2,1-5H3/t12-,13?/m0/s1. The molecule has 5 heteroatoms. The molecule has 1 aliphatic heterocycles. The molecule has 0 spiro atoms. The molecule has 2 aromatic rings. The highest BCUT2D eigenvalue weighted by Crippen LogP contribution is 2.32. The number of hydrogen-bond donors (Lipinski definition) is 0. The summed E-state index contributed by atoms with van der Waals surface area (Å²) >= 11 is 1.64. The Balaban J connectivity index is 1.96. The lowest BCUT2D eigenvalue weighted by Crippen LogP contribution is -2.55. The van der Waals surface area contributed by atoms with Crippen LogP contribution in [-0.2, 0) is 0 Å². The van der Waals surface area contributed by atoms with Gasteiger partial charge in [0, 0.05) is 60.4 Å². The number of piperazine rings is 1. The van der Waals surface area contributed by atoms with Crippen LogP contribution >= 0.6 is 11.3 Å². The molecule has 124 valence electrons. The Hall–Kier alpha value is -1.59. The van der Waals surface area contributed by atoms with Crippen LogP contribution in [0.3, 0.4) is 0 Å². The summed E-state index contributed by atoms with van der Waals surface area (Å²) < 4.78 is 1.18. The van der Waals surface area contributed by atoms with Crippen molar-refractivity contribution in [2.75, 3.05) is 39.1 Å². The molecule has 1 fully saturated rings. The van der Waals surface area contributed by atoms with Gasteiger partial charge in [0.1, 0.15) is 0 Å². The summed E-state index contributed by atoms with van der Waals surface area (Å²) in [6, 6.07) is 7.58. The molecular formula is C18H25N3OS. The average molecular weight is 331 g/mol. The number of fused-ring (bicyclic) bond motifs is 1. The van der Waals surface area contributed by atoms with E-state index < -0.39 is 0 Å². The molecule has 2 heterocycles. The summed E-state index contributed by atoms with van der Waals surface area (Å²) in [6.07, 6.45) is 0. The molecule has 1 aromatic heterocycles. The second-order valence-electron chi connectivity index (χ2n) is 6.80. The lowest BCUT2D eigenvalue weighted by atomic mass is 10.1. The van der Waals surface area contributed by atoms with E-state index in [0.717, 1.165) is 24.0 Å². The molecule has 23 heavy (non-hydrogen) atoms. The van der Waals surface area contributed by atoms with E-state index in [2.05, 4.69) is 48.9 Å². The number of rotatable bonds is 2. The molecule has 1 amide bonds. The molecule has 1 aromatic carbocycles. The van der Waals surface area contributed by atoms with E-state index in [1.165, 1.54) is 10.4 Å². The fourth-order valence-electron chi connectivity index (χ4n) is 3.24. The van der Waals surface area contributed by atoms with Crippen molar-refractivity contribution in [1.82, 2.24) is 9.80 Å². The summed E-state index contributed by atoms with van der Waals surface area (Å²) in [5.41, 5.74) is 2.03. The van der Waals surface area contributed by atoms with E-state index in [9.17, 15) is 4.79 Å². The van der Waals surface area contributed by atoms with Crippen molar-refractivity contribution in [2.24, 2.45) is 0 Å². The highest BCUT2D eigenvalue weighted by Gasteiger charge is 2.27. The van der Waals surface area contributed by atoms with E-state index in [-0.39, 0.29) is 5.91 Å². The van der Waals surface area contributed by atoms with Gasteiger partial charge in [0.15, 0.2) is 0 Å². The van der Waals surface area contributed by atoms with Gasteiger partial charge in [-0.3, -0.25) is 9.69 Å². The molecule has 0 bridgehead atoms. The van der Waals surface area contributed by atoms with E-state index in [1.807, 2.05) is 5.38 Å². The zero-order valence-corrected chi connectivity index (χ0v) is 15.4.